The summed E-state index contributed by atoms with van der Waals surface area (Å²) >= 11 is 0. The Morgan fingerprint density at radius 2 is 1.88 bits per heavy atom. The molecule has 0 aliphatic heterocycles. The number of ether oxygens (including phenoxy) is 1. The number of nitrogens with zero attached hydrogens (tertiary/aromatic N) is 1. The zero-order chi connectivity index (χ0) is 18.3. The molecule has 0 radical (unpaired) electrons. The van der Waals surface area contributed by atoms with Crippen LogP contribution in [0.3, 0.4) is 0 Å². The van der Waals surface area contributed by atoms with Gasteiger partial charge in [0.2, 0.25) is 0 Å². The van der Waals surface area contributed by atoms with Crippen LogP contribution in [0.15, 0.2) is 58.1 Å². The van der Waals surface area contributed by atoms with E-state index in [0.29, 0.717) is 23.4 Å². The van der Waals surface area contributed by atoms with Gasteiger partial charge in [0, 0.05) is 6.21 Å². The molecule has 0 saturated carbocycles. The van der Waals surface area contributed by atoms with Crippen LogP contribution in [0, 0.1) is 0 Å². The molecule has 0 N–H and O–H groups in total. The molecule has 5 heteroatoms. The SMILES string of the molecule is CCOC(=O)C(C=N/C(=C/c1ccccc1)c1ccco1)=P(C)(C)C. The van der Waals surface area contributed by atoms with Crippen LogP contribution in [0.25, 0.3) is 11.8 Å². The fourth-order valence-electron chi connectivity index (χ4n) is 2.14. The number of benzene rings is 1. The largest absolute Gasteiger partial charge is 0.463 e. The minimum atomic E-state index is -1.59. The lowest BCUT2D eigenvalue weighted by Gasteiger charge is -2.13. The van der Waals surface area contributed by atoms with E-state index in [0.717, 1.165) is 5.56 Å². The van der Waals surface area contributed by atoms with Gasteiger partial charge in [-0.25, -0.2) is 4.79 Å². The van der Waals surface area contributed by atoms with E-state index in [4.69, 9.17) is 9.15 Å². The van der Waals surface area contributed by atoms with Gasteiger partial charge in [0.15, 0.2) is 5.76 Å². The van der Waals surface area contributed by atoms with Gasteiger partial charge >= 0.3 is 5.97 Å². The second kappa shape index (κ2) is 8.68. The van der Waals surface area contributed by atoms with E-state index < -0.39 is 6.89 Å². The first-order valence-corrected chi connectivity index (χ1v) is 11.3. The molecule has 2 rings (SSSR count). The van der Waals surface area contributed by atoms with Crippen LogP contribution in [0.4, 0.5) is 0 Å². The standard InChI is InChI=1S/C20H24NO3P/c1-5-23-20(22)19(25(2,3)4)15-21-17(18-12-9-13-24-18)14-16-10-7-6-8-11-16/h6-15H,5H2,1-4H3/b17-14+,21-15?. The van der Waals surface area contributed by atoms with E-state index in [1.54, 1.807) is 19.4 Å². The van der Waals surface area contributed by atoms with Gasteiger partial charge in [0.25, 0.3) is 0 Å². The van der Waals surface area contributed by atoms with Crippen molar-refractivity contribution < 1.29 is 13.9 Å². The first kappa shape index (κ1) is 19.0. The lowest BCUT2D eigenvalue weighted by Crippen LogP contribution is -2.20. The van der Waals surface area contributed by atoms with Gasteiger partial charge in [-0.1, -0.05) is 37.2 Å². The molecule has 132 valence electrons. The van der Waals surface area contributed by atoms with Crippen molar-refractivity contribution in [3.05, 3.63) is 60.1 Å². The van der Waals surface area contributed by atoms with Gasteiger partial charge in [-0.05, 0) is 50.7 Å². The summed E-state index contributed by atoms with van der Waals surface area (Å²) in [7, 11) is 0. The van der Waals surface area contributed by atoms with Crippen LogP contribution in [0.5, 0.6) is 0 Å². The predicted octanol–water partition coefficient (Wildman–Crippen LogP) is 4.49. The number of carbonyl (C=O) groups excluding carboxylic acids is 1. The van der Waals surface area contributed by atoms with Crippen LogP contribution in [0.1, 0.15) is 18.2 Å². The second-order valence-corrected chi connectivity index (χ2v) is 10.8. The maximum Gasteiger partial charge on any atom is 0.339 e. The van der Waals surface area contributed by atoms with E-state index >= 15 is 0 Å². The van der Waals surface area contributed by atoms with Crippen molar-refractivity contribution in [2.75, 3.05) is 26.6 Å². The Kier molecular flexibility index (Phi) is 6.60. The number of rotatable bonds is 6. The molecule has 0 aliphatic carbocycles. The topological polar surface area (TPSA) is 51.8 Å². The maximum absolute atomic E-state index is 12.3. The summed E-state index contributed by atoms with van der Waals surface area (Å²) < 4.78 is 10.7. The van der Waals surface area contributed by atoms with Gasteiger partial charge in [0.05, 0.1) is 18.2 Å². The van der Waals surface area contributed by atoms with Gasteiger partial charge in [-0.2, -0.15) is 0 Å². The van der Waals surface area contributed by atoms with E-state index in [-0.39, 0.29) is 5.97 Å². The molecule has 0 atom stereocenters. The zero-order valence-electron chi connectivity index (χ0n) is 15.1. The molecule has 0 spiro atoms. The highest BCUT2D eigenvalue weighted by molar-refractivity contribution is 7.77. The van der Waals surface area contributed by atoms with Crippen molar-refractivity contribution in [2.45, 2.75) is 6.92 Å². The molecule has 25 heavy (non-hydrogen) atoms. The molecule has 1 aromatic heterocycles. The van der Waals surface area contributed by atoms with Crippen LogP contribution >= 0.6 is 6.89 Å². The summed E-state index contributed by atoms with van der Waals surface area (Å²) in [5.41, 5.74) is 1.67. The number of aliphatic imine (C=N–C) groups is 1. The summed E-state index contributed by atoms with van der Waals surface area (Å²) in [4.78, 5) is 16.8. The van der Waals surface area contributed by atoms with E-state index in [1.807, 2.05) is 48.5 Å². The highest BCUT2D eigenvalue weighted by atomic mass is 31.2. The van der Waals surface area contributed by atoms with Crippen molar-refractivity contribution in [2.24, 2.45) is 4.99 Å². The highest BCUT2D eigenvalue weighted by Crippen LogP contribution is 2.35. The third-order valence-corrected chi connectivity index (χ3v) is 5.15. The Labute approximate surface area is 149 Å². The van der Waals surface area contributed by atoms with Gasteiger partial charge in [0.1, 0.15) is 5.70 Å². The monoisotopic (exact) mass is 357 g/mol. The lowest BCUT2D eigenvalue weighted by molar-refractivity contribution is -0.134. The first-order valence-electron chi connectivity index (χ1n) is 8.12. The summed E-state index contributed by atoms with van der Waals surface area (Å²) in [6.07, 6.45) is 5.17. The molecule has 0 unspecified atom stereocenters. The molecule has 0 aliphatic rings. The average Bonchev–Trinajstić information content (AvgIpc) is 3.08. The molecular formula is C20H24NO3P. The van der Waals surface area contributed by atoms with Crippen LogP contribution in [-0.2, 0) is 9.53 Å². The second-order valence-electron chi connectivity index (χ2n) is 6.29. The summed E-state index contributed by atoms with van der Waals surface area (Å²) in [6.45, 7) is 6.76. The minimum absolute atomic E-state index is 0.300. The lowest BCUT2D eigenvalue weighted by atomic mass is 10.2. The molecule has 1 aromatic carbocycles. The molecular weight excluding hydrogens is 333 g/mol. The molecule has 1 heterocycles. The van der Waals surface area contributed by atoms with Crippen molar-refractivity contribution in [3.63, 3.8) is 0 Å². The molecule has 2 aromatic rings. The zero-order valence-corrected chi connectivity index (χ0v) is 16.0. The Morgan fingerprint density at radius 1 is 1.16 bits per heavy atom. The van der Waals surface area contributed by atoms with Gasteiger partial charge in [-0.3, -0.25) is 4.99 Å². The van der Waals surface area contributed by atoms with Crippen molar-refractivity contribution in [1.82, 2.24) is 0 Å². The smallest absolute Gasteiger partial charge is 0.339 e. The third kappa shape index (κ3) is 5.61. The Hall–Kier alpha value is -2.32. The van der Waals surface area contributed by atoms with E-state index in [9.17, 15) is 4.79 Å². The predicted molar refractivity (Wildman–Crippen MR) is 108 cm³/mol. The molecule has 4 nitrogen and oxygen atoms in total. The van der Waals surface area contributed by atoms with Crippen LogP contribution < -0.4 is 0 Å². The van der Waals surface area contributed by atoms with Gasteiger partial charge < -0.3 is 9.15 Å². The number of furan rings is 1. The number of hydrogen-bond donors (Lipinski definition) is 0. The quantitative estimate of drug-likeness (QED) is 0.435. The first-order chi connectivity index (χ1) is 11.9. The minimum Gasteiger partial charge on any atom is -0.463 e. The Balaban J connectivity index is 2.44. The number of carbonyl (C=O) groups is 1. The highest BCUT2D eigenvalue weighted by Gasteiger charge is 2.16. The Bertz CT molecular complexity index is 804. The molecule has 0 bridgehead atoms. The van der Waals surface area contributed by atoms with Crippen LogP contribution in [0.2, 0.25) is 0 Å². The number of esters is 1. The molecule has 0 saturated heterocycles. The maximum atomic E-state index is 12.3. The van der Waals surface area contributed by atoms with Crippen molar-refractivity contribution in [1.29, 1.82) is 0 Å². The fourth-order valence-corrected chi connectivity index (χ4v) is 3.16. The Morgan fingerprint density at radius 3 is 2.44 bits per heavy atom. The summed E-state index contributed by atoms with van der Waals surface area (Å²) in [5.74, 6) is 0.348. The van der Waals surface area contributed by atoms with Gasteiger partial charge in [-0.15, -0.1) is 0 Å². The van der Waals surface area contributed by atoms with Crippen molar-refractivity contribution >= 4 is 36.1 Å². The summed E-state index contributed by atoms with van der Waals surface area (Å²) in [6, 6.07) is 13.5. The average molecular weight is 357 g/mol. The number of hydrogen-bond acceptors (Lipinski definition) is 4. The van der Waals surface area contributed by atoms with Crippen molar-refractivity contribution in [3.8, 4) is 0 Å². The van der Waals surface area contributed by atoms with Crippen LogP contribution in [-0.4, -0.2) is 44.1 Å². The fraction of sp³-hybridized carbons (Fsp3) is 0.250. The summed E-state index contributed by atoms with van der Waals surface area (Å²) in [5, 5.41) is 0.625. The molecule has 0 amide bonds. The van der Waals surface area contributed by atoms with E-state index in [2.05, 4.69) is 25.0 Å². The normalized spacial score (nSPS) is 12.4. The third-order valence-electron chi connectivity index (χ3n) is 3.41. The molecule has 0 fully saturated rings. The van der Waals surface area contributed by atoms with E-state index in [1.165, 1.54) is 0 Å².